The molecule has 0 saturated heterocycles. The highest BCUT2D eigenvalue weighted by Crippen LogP contribution is 2.35. The molecule has 0 aromatic heterocycles. The van der Waals surface area contributed by atoms with Gasteiger partial charge < -0.3 is 9.84 Å². The molecule has 0 radical (unpaired) electrons. The second kappa shape index (κ2) is 6.82. The Kier molecular flexibility index (Phi) is 5.19. The molecule has 0 bridgehead atoms. The van der Waals surface area contributed by atoms with Gasteiger partial charge in [0.2, 0.25) is 0 Å². The molecule has 130 valence electrons. The summed E-state index contributed by atoms with van der Waals surface area (Å²) in [6.07, 6.45) is -3.51. The number of aliphatic hydroxyl groups is 1. The van der Waals surface area contributed by atoms with E-state index in [0.717, 1.165) is 18.4 Å². The Labute approximate surface area is 137 Å². The Morgan fingerprint density at radius 2 is 1.67 bits per heavy atom. The first-order valence-corrected chi connectivity index (χ1v) is 8.77. The quantitative estimate of drug-likeness (QED) is 0.890. The minimum atomic E-state index is -4.56. The van der Waals surface area contributed by atoms with Gasteiger partial charge in [0.25, 0.3) is 0 Å². The third kappa shape index (κ3) is 4.48. The molecule has 0 aliphatic carbocycles. The Bertz CT molecular complexity index is 812. The lowest BCUT2D eigenvalue weighted by atomic mass is 10.0. The zero-order chi connectivity index (χ0) is 18.0. The minimum absolute atomic E-state index is 0.0268. The summed E-state index contributed by atoms with van der Waals surface area (Å²) in [7, 11) is -3.39. The molecule has 0 fully saturated rings. The number of sulfone groups is 1. The lowest BCUT2D eigenvalue weighted by molar-refractivity contribution is -0.137. The van der Waals surface area contributed by atoms with Gasteiger partial charge in [-0.15, -0.1) is 0 Å². The number of ether oxygens (including phenoxy) is 1. The molecule has 2 aromatic carbocycles. The van der Waals surface area contributed by atoms with Crippen LogP contribution >= 0.6 is 0 Å². The molecule has 0 saturated carbocycles. The summed E-state index contributed by atoms with van der Waals surface area (Å²) in [6, 6.07) is 8.74. The molecule has 0 heterocycles. The monoisotopic (exact) mass is 360 g/mol. The van der Waals surface area contributed by atoms with Crippen LogP contribution in [-0.2, 0) is 16.0 Å². The number of aliphatic hydroxyl groups excluding tert-OH is 1. The van der Waals surface area contributed by atoms with Crippen LogP contribution in [0.15, 0.2) is 47.4 Å². The van der Waals surface area contributed by atoms with Crippen molar-refractivity contribution in [3.05, 3.63) is 48.0 Å². The molecule has 2 aromatic rings. The van der Waals surface area contributed by atoms with E-state index in [9.17, 15) is 21.6 Å². The van der Waals surface area contributed by atoms with Gasteiger partial charge in [0, 0.05) is 6.26 Å². The van der Waals surface area contributed by atoms with Crippen molar-refractivity contribution >= 4 is 9.84 Å². The van der Waals surface area contributed by atoms with Crippen LogP contribution in [0.5, 0.6) is 5.75 Å². The van der Waals surface area contributed by atoms with Gasteiger partial charge in [-0.1, -0.05) is 12.1 Å². The van der Waals surface area contributed by atoms with Gasteiger partial charge in [0.05, 0.1) is 17.1 Å². The topological polar surface area (TPSA) is 63.6 Å². The SMILES string of the molecule is CS(=O)(=O)c1ccc(-c2cc(OCCO)cc(C(F)(F)F)c2)cc1. The summed E-state index contributed by atoms with van der Waals surface area (Å²) in [4.78, 5) is 0.0787. The molecule has 0 atom stereocenters. The van der Waals surface area contributed by atoms with Crippen molar-refractivity contribution in [2.24, 2.45) is 0 Å². The van der Waals surface area contributed by atoms with E-state index >= 15 is 0 Å². The Morgan fingerprint density at radius 3 is 2.17 bits per heavy atom. The second-order valence-electron chi connectivity index (χ2n) is 5.11. The van der Waals surface area contributed by atoms with E-state index in [0.29, 0.717) is 5.56 Å². The highest BCUT2D eigenvalue weighted by Gasteiger charge is 2.31. The maximum Gasteiger partial charge on any atom is 0.416 e. The highest BCUT2D eigenvalue weighted by atomic mass is 32.2. The number of hydrogen-bond donors (Lipinski definition) is 1. The molecule has 4 nitrogen and oxygen atoms in total. The average molecular weight is 360 g/mol. The van der Waals surface area contributed by atoms with Gasteiger partial charge in [-0.2, -0.15) is 13.2 Å². The molecular weight excluding hydrogens is 345 g/mol. The molecule has 1 N–H and O–H groups in total. The van der Waals surface area contributed by atoms with E-state index in [1.165, 1.54) is 30.3 Å². The van der Waals surface area contributed by atoms with Crippen LogP contribution in [-0.4, -0.2) is 33.0 Å². The number of alkyl halides is 3. The smallest absolute Gasteiger partial charge is 0.416 e. The Hall–Kier alpha value is -2.06. The Balaban J connectivity index is 2.48. The van der Waals surface area contributed by atoms with Crippen LogP contribution in [0.25, 0.3) is 11.1 Å². The van der Waals surface area contributed by atoms with Crippen molar-refractivity contribution in [3.63, 3.8) is 0 Å². The number of rotatable bonds is 5. The molecule has 0 aliphatic heterocycles. The predicted octanol–water partition coefficient (Wildman–Crippen LogP) is 3.15. The van der Waals surface area contributed by atoms with Gasteiger partial charge in [-0.05, 0) is 41.5 Å². The maximum absolute atomic E-state index is 13.0. The highest BCUT2D eigenvalue weighted by molar-refractivity contribution is 7.90. The van der Waals surface area contributed by atoms with Crippen LogP contribution in [0.4, 0.5) is 13.2 Å². The average Bonchev–Trinajstić information content (AvgIpc) is 2.51. The first kappa shape index (κ1) is 18.3. The van der Waals surface area contributed by atoms with Crippen LogP contribution < -0.4 is 4.74 Å². The molecule has 0 spiro atoms. The molecule has 8 heteroatoms. The number of hydrogen-bond acceptors (Lipinski definition) is 4. The van der Waals surface area contributed by atoms with Crippen molar-refractivity contribution in [2.45, 2.75) is 11.1 Å². The largest absolute Gasteiger partial charge is 0.491 e. The summed E-state index contributed by atoms with van der Waals surface area (Å²) >= 11 is 0. The van der Waals surface area contributed by atoms with Gasteiger partial charge >= 0.3 is 6.18 Å². The molecule has 0 amide bonds. The van der Waals surface area contributed by atoms with E-state index in [1.807, 2.05) is 0 Å². The Morgan fingerprint density at radius 1 is 1.04 bits per heavy atom. The summed E-state index contributed by atoms with van der Waals surface area (Å²) in [5.74, 6) is -0.0268. The van der Waals surface area contributed by atoms with Crippen molar-refractivity contribution in [1.82, 2.24) is 0 Å². The number of halogens is 3. The predicted molar refractivity (Wildman–Crippen MR) is 82.6 cm³/mol. The van der Waals surface area contributed by atoms with Crippen molar-refractivity contribution in [3.8, 4) is 16.9 Å². The zero-order valence-corrected chi connectivity index (χ0v) is 13.5. The molecule has 2 rings (SSSR count). The van der Waals surface area contributed by atoms with Gasteiger partial charge in [0.15, 0.2) is 9.84 Å². The van der Waals surface area contributed by atoms with Crippen LogP contribution in [0.1, 0.15) is 5.56 Å². The normalized spacial score (nSPS) is 12.2. The first-order chi connectivity index (χ1) is 11.1. The lowest BCUT2D eigenvalue weighted by Gasteiger charge is -2.13. The van der Waals surface area contributed by atoms with Crippen LogP contribution in [0.2, 0.25) is 0 Å². The fourth-order valence-corrected chi connectivity index (χ4v) is 2.70. The molecule has 24 heavy (non-hydrogen) atoms. The summed E-state index contributed by atoms with van der Waals surface area (Å²) < 4.78 is 67.0. The third-order valence-electron chi connectivity index (χ3n) is 3.21. The summed E-state index contributed by atoms with van der Waals surface area (Å²) in [6.45, 7) is -0.456. The summed E-state index contributed by atoms with van der Waals surface area (Å²) in [5.41, 5.74) is -0.236. The fourth-order valence-electron chi connectivity index (χ4n) is 2.07. The van der Waals surface area contributed by atoms with Gasteiger partial charge in [0.1, 0.15) is 12.4 Å². The lowest BCUT2D eigenvalue weighted by Crippen LogP contribution is -2.07. The first-order valence-electron chi connectivity index (χ1n) is 6.88. The van der Waals surface area contributed by atoms with Crippen molar-refractivity contribution in [2.75, 3.05) is 19.5 Å². The molecular formula is C16H15F3O4S. The van der Waals surface area contributed by atoms with Crippen molar-refractivity contribution < 1.29 is 31.4 Å². The van der Waals surface area contributed by atoms with Gasteiger partial charge in [-0.3, -0.25) is 0 Å². The summed E-state index contributed by atoms with van der Waals surface area (Å²) in [5, 5.41) is 8.75. The van der Waals surface area contributed by atoms with E-state index in [2.05, 4.69) is 0 Å². The standard InChI is InChI=1S/C16H15F3O4S/c1-24(21,22)15-4-2-11(3-5-15)12-8-13(16(17,18)19)10-14(9-12)23-7-6-20/h2-5,8-10,20H,6-7H2,1H3. The second-order valence-corrected chi connectivity index (χ2v) is 7.13. The molecule has 0 unspecified atom stereocenters. The van der Waals surface area contributed by atoms with Crippen LogP contribution in [0, 0.1) is 0 Å². The van der Waals surface area contributed by atoms with Gasteiger partial charge in [-0.25, -0.2) is 8.42 Å². The van der Waals surface area contributed by atoms with E-state index in [1.54, 1.807) is 0 Å². The van der Waals surface area contributed by atoms with Crippen molar-refractivity contribution in [1.29, 1.82) is 0 Å². The fraction of sp³-hybridized carbons (Fsp3) is 0.250. The number of benzene rings is 2. The van der Waals surface area contributed by atoms with E-state index < -0.39 is 21.6 Å². The maximum atomic E-state index is 13.0. The third-order valence-corrected chi connectivity index (χ3v) is 4.34. The molecule has 0 aliphatic rings. The van der Waals surface area contributed by atoms with Crippen LogP contribution in [0.3, 0.4) is 0 Å². The van der Waals surface area contributed by atoms with E-state index in [-0.39, 0.29) is 29.4 Å². The van der Waals surface area contributed by atoms with E-state index in [4.69, 9.17) is 9.84 Å². The zero-order valence-electron chi connectivity index (χ0n) is 12.7. The minimum Gasteiger partial charge on any atom is -0.491 e.